The van der Waals surface area contributed by atoms with E-state index in [1.807, 2.05) is 33.8 Å². The van der Waals surface area contributed by atoms with Gasteiger partial charge in [0.05, 0.1) is 6.10 Å². The molecular weight excluding hydrogens is 371 g/mol. The lowest BCUT2D eigenvalue weighted by Gasteiger charge is -2.19. The summed E-state index contributed by atoms with van der Waals surface area (Å²) in [4.78, 5) is 11.9. The molecule has 0 fully saturated rings. The fourth-order valence-corrected chi connectivity index (χ4v) is 2.73. The van der Waals surface area contributed by atoms with E-state index in [9.17, 15) is 19.4 Å². The van der Waals surface area contributed by atoms with E-state index in [1.165, 1.54) is 12.1 Å². The highest BCUT2D eigenvalue weighted by Gasteiger charge is 2.22. The predicted octanol–water partition coefficient (Wildman–Crippen LogP) is 6.09. The Balaban J connectivity index is 2.60. The zero-order valence-electron chi connectivity index (χ0n) is 17.2. The molecule has 29 heavy (non-hydrogen) atoms. The molecule has 2 aromatic carbocycles. The summed E-state index contributed by atoms with van der Waals surface area (Å²) in [7, 11) is 0. The van der Waals surface area contributed by atoms with Gasteiger partial charge in [-0.3, -0.25) is 0 Å². The first-order valence-corrected chi connectivity index (χ1v) is 9.58. The Morgan fingerprint density at radius 3 is 2.41 bits per heavy atom. The number of hydrogen-bond acceptors (Lipinski definition) is 3. The van der Waals surface area contributed by atoms with Crippen molar-refractivity contribution in [1.29, 1.82) is 0 Å². The Bertz CT molecular complexity index is 923. The van der Waals surface area contributed by atoms with Crippen molar-refractivity contribution in [2.75, 3.05) is 0 Å². The Kier molecular flexibility index (Phi) is 7.59. The van der Waals surface area contributed by atoms with Crippen LogP contribution in [0.1, 0.15) is 61.2 Å². The van der Waals surface area contributed by atoms with Gasteiger partial charge in [-0.05, 0) is 62.9 Å². The van der Waals surface area contributed by atoms with Crippen LogP contribution in [0, 0.1) is 5.82 Å². The number of aromatic carboxylic acids is 1. The van der Waals surface area contributed by atoms with Crippen LogP contribution in [0.4, 0.5) is 4.39 Å². The number of allylic oxidation sites excluding steroid dienone is 2. The maximum Gasteiger partial charge on any atom is 0.340 e. The van der Waals surface area contributed by atoms with Gasteiger partial charge in [0.1, 0.15) is 22.9 Å². The van der Waals surface area contributed by atoms with Gasteiger partial charge in [0.25, 0.3) is 0 Å². The molecule has 1 unspecified atom stereocenters. The van der Waals surface area contributed by atoms with E-state index in [0.29, 0.717) is 28.9 Å². The highest BCUT2D eigenvalue weighted by atomic mass is 19.1. The number of rotatable bonds is 8. The van der Waals surface area contributed by atoms with Gasteiger partial charge < -0.3 is 14.9 Å². The average Bonchev–Trinajstić information content (AvgIpc) is 2.66. The van der Waals surface area contributed by atoms with Crippen LogP contribution in [0.25, 0.3) is 12.2 Å². The van der Waals surface area contributed by atoms with Crippen molar-refractivity contribution in [3.8, 4) is 11.5 Å². The van der Waals surface area contributed by atoms with Gasteiger partial charge in [-0.2, -0.15) is 0 Å². The quantitative estimate of drug-likeness (QED) is 0.417. The number of phenols is 1. The standard InChI is InChI=1S/C24H27FO4/c1-5-16(4)29-21-14-18(10-7-17-8-11-19(25)12-9-17)22(24(27)28)23(26)20(21)13-6-15(2)3/h6-12,14,16,26H,5,13H2,1-4H3,(H,27,28)/b10-7+. The van der Waals surface area contributed by atoms with Crippen molar-refractivity contribution < 1.29 is 24.1 Å². The molecule has 0 bridgehead atoms. The zero-order valence-corrected chi connectivity index (χ0v) is 17.2. The molecule has 0 heterocycles. The van der Waals surface area contributed by atoms with Gasteiger partial charge in [-0.1, -0.05) is 42.9 Å². The summed E-state index contributed by atoms with van der Waals surface area (Å²) in [5.41, 5.74) is 2.34. The number of carboxylic acid groups (broad SMARTS) is 1. The van der Waals surface area contributed by atoms with Crippen LogP contribution in [0.15, 0.2) is 42.0 Å². The molecule has 0 spiro atoms. The summed E-state index contributed by atoms with van der Waals surface area (Å²) < 4.78 is 19.1. The fraction of sp³-hybridized carbons (Fsp3) is 0.292. The Morgan fingerprint density at radius 1 is 1.21 bits per heavy atom. The first-order chi connectivity index (χ1) is 13.7. The third-order valence-electron chi connectivity index (χ3n) is 4.55. The van der Waals surface area contributed by atoms with E-state index in [0.717, 1.165) is 12.0 Å². The molecule has 0 saturated carbocycles. The first-order valence-electron chi connectivity index (χ1n) is 9.58. The number of carbonyl (C=O) groups is 1. The molecule has 1 atom stereocenters. The molecule has 0 saturated heterocycles. The lowest BCUT2D eigenvalue weighted by Crippen LogP contribution is -2.13. The smallest absolute Gasteiger partial charge is 0.340 e. The number of aromatic hydroxyl groups is 1. The van der Waals surface area contributed by atoms with Crippen molar-refractivity contribution in [2.24, 2.45) is 0 Å². The van der Waals surface area contributed by atoms with Gasteiger partial charge in [0.15, 0.2) is 0 Å². The first kappa shape index (κ1) is 22.2. The average molecular weight is 398 g/mol. The van der Waals surface area contributed by atoms with Crippen LogP contribution in [-0.4, -0.2) is 22.3 Å². The summed E-state index contributed by atoms with van der Waals surface area (Å²) in [6, 6.07) is 7.48. The molecule has 0 amide bonds. The lowest BCUT2D eigenvalue weighted by molar-refractivity contribution is 0.0693. The second-order valence-electron chi connectivity index (χ2n) is 7.18. The highest BCUT2D eigenvalue weighted by Crippen LogP contribution is 2.37. The molecule has 0 aromatic heterocycles. The molecule has 2 aromatic rings. The Hall–Kier alpha value is -3.08. The molecule has 0 aliphatic rings. The molecule has 154 valence electrons. The third-order valence-corrected chi connectivity index (χ3v) is 4.55. The number of hydrogen-bond donors (Lipinski definition) is 2. The second kappa shape index (κ2) is 9.92. The number of benzene rings is 2. The summed E-state index contributed by atoms with van der Waals surface area (Å²) in [5.74, 6) is -1.42. The normalized spacial score (nSPS) is 12.0. The van der Waals surface area contributed by atoms with Gasteiger partial charge in [-0.25, -0.2) is 9.18 Å². The topological polar surface area (TPSA) is 66.8 Å². The molecule has 4 nitrogen and oxygen atoms in total. The van der Waals surface area contributed by atoms with Gasteiger partial charge in [0, 0.05) is 5.56 Å². The Labute approximate surface area is 171 Å². The third kappa shape index (κ3) is 5.95. The van der Waals surface area contributed by atoms with Crippen molar-refractivity contribution in [2.45, 2.75) is 46.6 Å². The van der Waals surface area contributed by atoms with E-state index < -0.39 is 5.97 Å². The summed E-state index contributed by atoms with van der Waals surface area (Å²) in [5, 5.41) is 20.5. The summed E-state index contributed by atoms with van der Waals surface area (Å²) in [6.45, 7) is 7.77. The van der Waals surface area contributed by atoms with Crippen LogP contribution in [-0.2, 0) is 6.42 Å². The predicted molar refractivity (Wildman–Crippen MR) is 114 cm³/mol. The number of ether oxygens (including phenoxy) is 1. The van der Waals surface area contributed by atoms with Gasteiger partial charge >= 0.3 is 5.97 Å². The second-order valence-corrected chi connectivity index (χ2v) is 7.18. The molecular formula is C24H27FO4. The molecule has 2 N–H and O–H groups in total. The lowest BCUT2D eigenvalue weighted by atomic mass is 9.97. The van der Waals surface area contributed by atoms with E-state index in [2.05, 4.69) is 0 Å². The van der Waals surface area contributed by atoms with Crippen LogP contribution in [0.5, 0.6) is 11.5 Å². The van der Waals surface area contributed by atoms with Crippen molar-refractivity contribution in [3.05, 3.63) is 70.1 Å². The molecule has 5 heteroatoms. The van der Waals surface area contributed by atoms with E-state index >= 15 is 0 Å². The minimum Gasteiger partial charge on any atom is -0.507 e. The summed E-state index contributed by atoms with van der Waals surface area (Å²) >= 11 is 0. The van der Waals surface area contributed by atoms with Crippen LogP contribution >= 0.6 is 0 Å². The molecule has 0 aliphatic carbocycles. The monoisotopic (exact) mass is 398 g/mol. The fourth-order valence-electron chi connectivity index (χ4n) is 2.73. The SMILES string of the molecule is CCC(C)Oc1cc(/C=C/c2ccc(F)cc2)c(C(=O)O)c(O)c1CC=C(C)C. The maximum absolute atomic E-state index is 13.1. The minimum absolute atomic E-state index is 0.0931. The van der Waals surface area contributed by atoms with Crippen LogP contribution < -0.4 is 4.74 Å². The van der Waals surface area contributed by atoms with Gasteiger partial charge in [0.2, 0.25) is 0 Å². The Morgan fingerprint density at radius 2 is 1.86 bits per heavy atom. The number of carboxylic acids is 1. The van der Waals surface area contributed by atoms with E-state index in [4.69, 9.17) is 4.74 Å². The van der Waals surface area contributed by atoms with Gasteiger partial charge in [-0.15, -0.1) is 0 Å². The van der Waals surface area contributed by atoms with E-state index in [1.54, 1.807) is 30.4 Å². The number of halogens is 1. The molecule has 0 aliphatic heterocycles. The van der Waals surface area contributed by atoms with Crippen molar-refractivity contribution >= 4 is 18.1 Å². The zero-order chi connectivity index (χ0) is 21.6. The van der Waals surface area contributed by atoms with Crippen LogP contribution in [0.3, 0.4) is 0 Å². The van der Waals surface area contributed by atoms with Crippen molar-refractivity contribution in [1.82, 2.24) is 0 Å². The van der Waals surface area contributed by atoms with E-state index in [-0.39, 0.29) is 23.2 Å². The summed E-state index contributed by atoms with van der Waals surface area (Å²) in [6.07, 6.45) is 6.21. The minimum atomic E-state index is -1.23. The maximum atomic E-state index is 13.1. The van der Waals surface area contributed by atoms with Crippen LogP contribution in [0.2, 0.25) is 0 Å². The molecule has 0 radical (unpaired) electrons. The van der Waals surface area contributed by atoms with Crippen molar-refractivity contribution in [3.63, 3.8) is 0 Å². The largest absolute Gasteiger partial charge is 0.507 e. The molecule has 2 rings (SSSR count). The highest BCUT2D eigenvalue weighted by molar-refractivity contribution is 5.97.